The van der Waals surface area contributed by atoms with Crippen molar-refractivity contribution in [3.05, 3.63) is 0 Å². The van der Waals surface area contributed by atoms with E-state index >= 15 is 0 Å². The molecule has 0 aromatic rings. The fourth-order valence-electron chi connectivity index (χ4n) is 0.203. The highest BCUT2D eigenvalue weighted by molar-refractivity contribution is 7.46. The lowest BCUT2D eigenvalue weighted by molar-refractivity contribution is -0.140. The highest BCUT2D eigenvalue weighted by atomic mass is 31.2. The van der Waals surface area contributed by atoms with Crippen LogP contribution in [0.15, 0.2) is 0 Å². The molecule has 0 amide bonds. The molecule has 0 heterocycles. The van der Waals surface area contributed by atoms with Gasteiger partial charge in [-0.25, -0.2) is 4.57 Å². The lowest BCUT2D eigenvalue weighted by Gasteiger charge is -1.93. The number of phosphoric acid groups is 1. The van der Waals surface area contributed by atoms with E-state index < -0.39 is 7.82 Å². The maximum Gasteiger partial charge on any atom is 0.469 e. The van der Waals surface area contributed by atoms with Crippen LogP contribution >= 0.6 is 7.82 Å². The van der Waals surface area contributed by atoms with Crippen LogP contribution in [0, 0.1) is 0 Å². The Morgan fingerprint density at radius 1 is 1.50 bits per heavy atom. The zero-order chi connectivity index (χ0) is 10.2. The smallest absolute Gasteiger partial charge is 0.466 e. The Hall–Kier alpha value is -0.420. The first-order chi connectivity index (χ1) is 5.33. The first-order valence-corrected chi connectivity index (χ1v) is 4.61. The van der Waals surface area contributed by atoms with E-state index in [4.69, 9.17) is 9.79 Å². The first-order valence-electron chi connectivity index (χ1n) is 3.08. The predicted octanol–water partition coefficient (Wildman–Crippen LogP) is 0.295. The van der Waals surface area contributed by atoms with Gasteiger partial charge in [-0.15, -0.1) is 0 Å². The van der Waals surface area contributed by atoms with E-state index in [9.17, 15) is 9.36 Å². The number of esters is 1. The van der Waals surface area contributed by atoms with Gasteiger partial charge in [-0.05, 0) is 6.92 Å². The molecule has 0 aromatic carbocycles. The summed E-state index contributed by atoms with van der Waals surface area (Å²) < 4.78 is 17.5. The van der Waals surface area contributed by atoms with Crippen molar-refractivity contribution in [2.45, 2.75) is 13.8 Å². The number of phosphoric ester groups is 1. The van der Waals surface area contributed by atoms with E-state index in [0.717, 1.165) is 7.11 Å². The molecule has 6 nitrogen and oxygen atoms in total. The van der Waals surface area contributed by atoms with E-state index in [1.54, 1.807) is 6.92 Å². The lowest BCUT2D eigenvalue weighted by atomic mass is 10.8. The third-order valence-corrected chi connectivity index (χ3v) is 1.06. The van der Waals surface area contributed by atoms with Gasteiger partial charge in [0.25, 0.3) is 0 Å². The highest BCUT2D eigenvalue weighted by Crippen LogP contribution is 2.33. The van der Waals surface area contributed by atoms with Gasteiger partial charge in [0.15, 0.2) is 0 Å². The second-order valence-corrected chi connectivity index (χ2v) is 2.94. The Labute approximate surface area is 70.7 Å². The van der Waals surface area contributed by atoms with Crippen molar-refractivity contribution in [2.24, 2.45) is 0 Å². The molecule has 0 aliphatic heterocycles. The summed E-state index contributed by atoms with van der Waals surface area (Å²) in [5.74, 6) is -0.211. The van der Waals surface area contributed by atoms with Crippen molar-refractivity contribution in [3.8, 4) is 0 Å². The quantitative estimate of drug-likeness (QED) is 0.491. The Balaban J connectivity index is 0. The number of hydrogen-bond donors (Lipinski definition) is 2. The molecule has 0 aliphatic carbocycles. The van der Waals surface area contributed by atoms with Crippen LogP contribution in [0.25, 0.3) is 0 Å². The molecule has 0 spiro atoms. The van der Waals surface area contributed by atoms with Crippen molar-refractivity contribution >= 4 is 13.8 Å². The Morgan fingerprint density at radius 3 is 1.83 bits per heavy atom. The minimum absolute atomic E-state index is 0.211. The van der Waals surface area contributed by atoms with Crippen molar-refractivity contribution in [3.63, 3.8) is 0 Å². The van der Waals surface area contributed by atoms with E-state index in [1.165, 1.54) is 6.92 Å². The van der Waals surface area contributed by atoms with Crippen LogP contribution in [0.1, 0.15) is 13.8 Å². The van der Waals surface area contributed by atoms with Gasteiger partial charge in [0.2, 0.25) is 0 Å². The van der Waals surface area contributed by atoms with Crippen molar-refractivity contribution in [2.75, 3.05) is 13.7 Å². The van der Waals surface area contributed by atoms with Crippen LogP contribution < -0.4 is 0 Å². The zero-order valence-corrected chi connectivity index (χ0v) is 8.08. The van der Waals surface area contributed by atoms with Crippen LogP contribution in [0.3, 0.4) is 0 Å². The average molecular weight is 200 g/mol. The summed E-state index contributed by atoms with van der Waals surface area (Å²) >= 11 is 0. The molecule has 0 saturated heterocycles. The van der Waals surface area contributed by atoms with Gasteiger partial charge in [-0.3, -0.25) is 9.32 Å². The topological polar surface area (TPSA) is 93.1 Å². The molecular weight excluding hydrogens is 187 g/mol. The number of hydrogen-bond acceptors (Lipinski definition) is 4. The van der Waals surface area contributed by atoms with Crippen LogP contribution in [0.2, 0.25) is 0 Å². The highest BCUT2D eigenvalue weighted by Gasteiger charge is 2.07. The number of ether oxygens (including phenoxy) is 1. The third kappa shape index (κ3) is 22.7. The molecule has 0 bridgehead atoms. The van der Waals surface area contributed by atoms with Gasteiger partial charge in [0.1, 0.15) is 0 Å². The molecule has 0 fully saturated rings. The second-order valence-electron chi connectivity index (χ2n) is 1.60. The molecule has 0 rings (SSSR count). The van der Waals surface area contributed by atoms with Crippen LogP contribution in [0.5, 0.6) is 0 Å². The second kappa shape index (κ2) is 7.24. The summed E-state index contributed by atoms with van der Waals surface area (Å²) in [5.41, 5.74) is 0. The van der Waals surface area contributed by atoms with Gasteiger partial charge >= 0.3 is 13.8 Å². The first kappa shape index (κ1) is 14.1. The monoisotopic (exact) mass is 200 g/mol. The van der Waals surface area contributed by atoms with Crippen LogP contribution in [-0.2, 0) is 18.6 Å². The lowest BCUT2D eigenvalue weighted by Crippen LogP contribution is -1.95. The molecule has 0 unspecified atom stereocenters. The maximum absolute atomic E-state index is 9.82. The Morgan fingerprint density at radius 2 is 1.83 bits per heavy atom. The summed E-state index contributed by atoms with van der Waals surface area (Å²) in [5, 5.41) is 0. The molecule has 0 saturated carbocycles. The molecule has 7 heteroatoms. The zero-order valence-electron chi connectivity index (χ0n) is 7.18. The van der Waals surface area contributed by atoms with Crippen LogP contribution in [0.4, 0.5) is 0 Å². The molecule has 0 aromatic heterocycles. The SMILES string of the molecule is CCOC(C)=O.COP(=O)(O)O. The summed E-state index contributed by atoms with van der Waals surface area (Å²) in [7, 11) is -3.20. The maximum atomic E-state index is 9.82. The molecule has 2 N–H and O–H groups in total. The number of carbonyl (C=O) groups excluding carboxylic acids is 1. The van der Waals surface area contributed by atoms with Gasteiger partial charge in [0, 0.05) is 14.0 Å². The molecule has 0 radical (unpaired) electrons. The summed E-state index contributed by atoms with van der Waals surface area (Å²) in [4.78, 5) is 25.3. The summed E-state index contributed by atoms with van der Waals surface area (Å²) in [6, 6.07) is 0. The van der Waals surface area contributed by atoms with E-state index in [0.29, 0.717) is 6.61 Å². The molecule has 0 atom stereocenters. The van der Waals surface area contributed by atoms with Crippen molar-refractivity contribution in [1.82, 2.24) is 0 Å². The molecule has 12 heavy (non-hydrogen) atoms. The fraction of sp³-hybridized carbons (Fsp3) is 0.800. The molecule has 74 valence electrons. The van der Waals surface area contributed by atoms with Gasteiger partial charge in [0.05, 0.1) is 6.61 Å². The standard InChI is InChI=1S/C4H8O2.CH5O4P/c1-3-6-4(2)5;1-5-6(2,3)4/h3H2,1-2H3;1H3,(H2,2,3,4). The summed E-state index contributed by atoms with van der Waals surface area (Å²) in [6.07, 6.45) is 0. The molecular formula is C5H13O6P. The van der Waals surface area contributed by atoms with Gasteiger partial charge < -0.3 is 14.5 Å². The number of carbonyl (C=O) groups is 1. The van der Waals surface area contributed by atoms with E-state index in [-0.39, 0.29) is 5.97 Å². The minimum Gasteiger partial charge on any atom is -0.466 e. The number of rotatable bonds is 2. The van der Waals surface area contributed by atoms with Gasteiger partial charge in [-0.1, -0.05) is 0 Å². The van der Waals surface area contributed by atoms with E-state index in [2.05, 4.69) is 9.26 Å². The van der Waals surface area contributed by atoms with Crippen molar-refractivity contribution < 1.29 is 28.4 Å². The van der Waals surface area contributed by atoms with E-state index in [1.807, 2.05) is 0 Å². The fourth-order valence-corrected chi connectivity index (χ4v) is 0.203. The predicted molar refractivity (Wildman–Crippen MR) is 41.4 cm³/mol. The van der Waals surface area contributed by atoms with Crippen molar-refractivity contribution in [1.29, 1.82) is 0 Å². The third-order valence-electron chi connectivity index (χ3n) is 0.585. The Bertz CT molecular complexity index is 161. The summed E-state index contributed by atoms with van der Waals surface area (Å²) in [6.45, 7) is 3.65. The normalized spacial score (nSPS) is 9.75. The largest absolute Gasteiger partial charge is 0.469 e. The minimum atomic E-state index is -4.15. The van der Waals surface area contributed by atoms with Gasteiger partial charge in [-0.2, -0.15) is 0 Å². The Kier molecular flexibility index (Phi) is 8.52. The molecule has 0 aliphatic rings. The van der Waals surface area contributed by atoms with Crippen LogP contribution in [-0.4, -0.2) is 29.5 Å². The average Bonchev–Trinajstić information content (AvgIpc) is 1.87.